The molecule has 2 N–H and O–H groups in total. The van der Waals surface area contributed by atoms with E-state index in [-0.39, 0.29) is 0 Å². The van der Waals surface area contributed by atoms with E-state index < -0.39 is 0 Å². The van der Waals surface area contributed by atoms with Crippen LogP contribution >= 0.6 is 0 Å². The van der Waals surface area contributed by atoms with E-state index in [1.807, 2.05) is 12.1 Å². The van der Waals surface area contributed by atoms with Crippen LogP contribution in [0.5, 0.6) is 0 Å². The molecule has 146 valence electrons. The molecule has 1 aliphatic rings. The topological polar surface area (TPSA) is 52.8 Å². The van der Waals surface area contributed by atoms with Crippen molar-refractivity contribution in [1.29, 1.82) is 0 Å². The number of unbranched alkanes of at least 4 members (excludes halogenated alkanes) is 1. The maximum atomic E-state index is 5.41. The summed E-state index contributed by atoms with van der Waals surface area (Å²) in [7, 11) is 0. The zero-order chi connectivity index (χ0) is 18.7. The van der Waals surface area contributed by atoms with E-state index in [2.05, 4.69) is 52.8 Å². The van der Waals surface area contributed by atoms with E-state index in [9.17, 15) is 0 Å². The lowest BCUT2D eigenvalue weighted by Crippen LogP contribution is -2.49. The summed E-state index contributed by atoms with van der Waals surface area (Å²) in [6, 6.07) is 15.1. The molecule has 2 aromatic rings. The van der Waals surface area contributed by atoms with Crippen molar-refractivity contribution in [3.63, 3.8) is 0 Å². The van der Waals surface area contributed by atoms with Gasteiger partial charge in [-0.15, -0.1) is 0 Å². The minimum atomic E-state index is 0.474. The lowest BCUT2D eigenvalue weighted by atomic mass is 10.0. The van der Waals surface area contributed by atoms with Gasteiger partial charge in [-0.1, -0.05) is 31.5 Å². The number of piperidine rings is 1. The van der Waals surface area contributed by atoms with Gasteiger partial charge in [0.25, 0.3) is 0 Å². The average Bonchev–Trinajstić information content (AvgIpc) is 3.23. The van der Waals surface area contributed by atoms with Crippen molar-refractivity contribution in [3.8, 4) is 0 Å². The van der Waals surface area contributed by atoms with Crippen LogP contribution in [-0.4, -0.2) is 38.2 Å². The van der Waals surface area contributed by atoms with Gasteiger partial charge in [-0.3, -0.25) is 4.99 Å². The number of nitrogens with zero attached hydrogens (tertiary/aromatic N) is 2. The molecule has 1 aliphatic heterocycles. The summed E-state index contributed by atoms with van der Waals surface area (Å²) in [6.45, 7) is 6.06. The fourth-order valence-electron chi connectivity index (χ4n) is 3.37. The van der Waals surface area contributed by atoms with Crippen molar-refractivity contribution in [2.24, 2.45) is 4.99 Å². The highest BCUT2D eigenvalue weighted by atomic mass is 16.3. The van der Waals surface area contributed by atoms with Gasteiger partial charge in [0.2, 0.25) is 0 Å². The Bertz CT molecular complexity index is 661. The number of hydrogen-bond acceptors (Lipinski definition) is 3. The van der Waals surface area contributed by atoms with Crippen LogP contribution in [0.15, 0.2) is 58.1 Å². The second-order valence-electron chi connectivity index (χ2n) is 7.08. The van der Waals surface area contributed by atoms with Gasteiger partial charge in [0.1, 0.15) is 5.76 Å². The zero-order valence-corrected chi connectivity index (χ0v) is 16.4. The highest BCUT2D eigenvalue weighted by molar-refractivity contribution is 5.80. The lowest BCUT2D eigenvalue weighted by Gasteiger charge is -2.34. The molecule has 27 heavy (non-hydrogen) atoms. The summed E-state index contributed by atoms with van der Waals surface area (Å²) in [5, 5.41) is 7.12. The first-order valence-corrected chi connectivity index (χ1v) is 10.2. The number of nitrogens with one attached hydrogen (secondary N) is 2. The summed E-state index contributed by atoms with van der Waals surface area (Å²) in [5.41, 5.74) is 1.32. The van der Waals surface area contributed by atoms with E-state index in [1.54, 1.807) is 6.26 Å². The molecular formula is C22H32N4O. The minimum Gasteiger partial charge on any atom is -0.469 e. The Hall–Kier alpha value is -2.43. The van der Waals surface area contributed by atoms with E-state index >= 15 is 0 Å². The number of benzene rings is 1. The second kappa shape index (κ2) is 10.7. The first kappa shape index (κ1) is 19.3. The molecule has 0 radical (unpaired) electrons. The molecule has 1 aromatic heterocycles. The van der Waals surface area contributed by atoms with Crippen LogP contribution < -0.4 is 15.5 Å². The number of hydrogen-bond donors (Lipinski definition) is 2. The zero-order valence-electron chi connectivity index (χ0n) is 16.4. The fraction of sp³-hybridized carbons (Fsp3) is 0.500. The predicted molar refractivity (Wildman–Crippen MR) is 112 cm³/mol. The van der Waals surface area contributed by atoms with Crippen molar-refractivity contribution in [2.75, 3.05) is 31.1 Å². The monoisotopic (exact) mass is 368 g/mol. The Kier molecular flexibility index (Phi) is 7.63. The van der Waals surface area contributed by atoms with Crippen LogP contribution in [0, 0.1) is 0 Å². The fourth-order valence-corrected chi connectivity index (χ4v) is 3.37. The summed E-state index contributed by atoms with van der Waals surface area (Å²) >= 11 is 0. The summed E-state index contributed by atoms with van der Waals surface area (Å²) < 4.78 is 5.41. The Balaban J connectivity index is 1.47. The maximum Gasteiger partial charge on any atom is 0.191 e. The van der Waals surface area contributed by atoms with Crippen LogP contribution in [-0.2, 0) is 6.42 Å². The third-order valence-electron chi connectivity index (χ3n) is 4.98. The van der Waals surface area contributed by atoms with Crippen molar-refractivity contribution in [1.82, 2.24) is 10.6 Å². The number of aliphatic imine (C=N–C) groups is 1. The molecule has 1 aromatic carbocycles. The smallest absolute Gasteiger partial charge is 0.191 e. The maximum absolute atomic E-state index is 5.41. The molecule has 0 unspecified atom stereocenters. The summed E-state index contributed by atoms with van der Waals surface area (Å²) in [5.74, 6) is 1.94. The number of rotatable bonds is 8. The Morgan fingerprint density at radius 2 is 1.96 bits per heavy atom. The highest BCUT2D eigenvalue weighted by Gasteiger charge is 2.20. The Morgan fingerprint density at radius 3 is 2.67 bits per heavy atom. The van der Waals surface area contributed by atoms with E-state index in [0.717, 1.165) is 63.6 Å². The summed E-state index contributed by atoms with van der Waals surface area (Å²) in [4.78, 5) is 7.22. The normalized spacial score (nSPS) is 15.7. The molecule has 5 nitrogen and oxygen atoms in total. The van der Waals surface area contributed by atoms with E-state index in [0.29, 0.717) is 6.04 Å². The van der Waals surface area contributed by atoms with Crippen LogP contribution in [0.25, 0.3) is 0 Å². The van der Waals surface area contributed by atoms with Gasteiger partial charge in [-0.2, -0.15) is 0 Å². The van der Waals surface area contributed by atoms with E-state index in [1.165, 1.54) is 12.1 Å². The van der Waals surface area contributed by atoms with Crippen LogP contribution in [0.1, 0.15) is 38.4 Å². The molecule has 1 saturated heterocycles. The molecule has 0 bridgehead atoms. The average molecular weight is 369 g/mol. The first-order chi connectivity index (χ1) is 13.3. The third-order valence-corrected chi connectivity index (χ3v) is 4.98. The first-order valence-electron chi connectivity index (χ1n) is 10.2. The molecule has 0 spiro atoms. The van der Waals surface area contributed by atoms with Crippen LogP contribution in [0.2, 0.25) is 0 Å². The Morgan fingerprint density at radius 1 is 1.15 bits per heavy atom. The lowest BCUT2D eigenvalue weighted by molar-refractivity contribution is 0.460. The summed E-state index contributed by atoms with van der Waals surface area (Å²) in [6.07, 6.45) is 7.14. The molecular weight excluding hydrogens is 336 g/mol. The molecule has 2 heterocycles. The van der Waals surface area contributed by atoms with Gasteiger partial charge in [-0.25, -0.2) is 0 Å². The number of para-hydroxylation sites is 1. The van der Waals surface area contributed by atoms with Crippen molar-refractivity contribution in [2.45, 2.75) is 45.1 Å². The molecule has 0 atom stereocenters. The molecule has 3 rings (SSSR count). The molecule has 1 fully saturated rings. The quantitative estimate of drug-likeness (QED) is 0.422. The third kappa shape index (κ3) is 6.35. The molecule has 0 aliphatic carbocycles. The van der Waals surface area contributed by atoms with Crippen molar-refractivity contribution in [3.05, 3.63) is 54.5 Å². The minimum absolute atomic E-state index is 0.474. The molecule has 0 saturated carbocycles. The standard InChI is InChI=1S/C22H32N4O/c1-2-3-14-23-22(24-15-11-21-10-7-18-27-21)25-19-12-16-26(17-13-19)20-8-5-4-6-9-20/h4-10,18-19H,2-3,11-17H2,1H3,(H2,23,24,25). The number of furan rings is 1. The van der Waals surface area contributed by atoms with Gasteiger partial charge in [0.15, 0.2) is 5.96 Å². The van der Waals surface area contributed by atoms with Gasteiger partial charge in [0, 0.05) is 44.3 Å². The SMILES string of the molecule is CCCCN=C(NCCc1ccco1)NC1CCN(c2ccccc2)CC1. The van der Waals surface area contributed by atoms with Gasteiger partial charge in [-0.05, 0) is 43.5 Å². The van der Waals surface area contributed by atoms with Gasteiger partial charge < -0.3 is 20.0 Å². The molecule has 0 amide bonds. The van der Waals surface area contributed by atoms with Gasteiger partial charge >= 0.3 is 0 Å². The number of anilines is 1. The van der Waals surface area contributed by atoms with Crippen LogP contribution in [0.4, 0.5) is 5.69 Å². The van der Waals surface area contributed by atoms with Gasteiger partial charge in [0.05, 0.1) is 6.26 Å². The Labute approximate surface area is 162 Å². The largest absolute Gasteiger partial charge is 0.469 e. The second-order valence-corrected chi connectivity index (χ2v) is 7.08. The van der Waals surface area contributed by atoms with Crippen molar-refractivity contribution >= 4 is 11.6 Å². The van der Waals surface area contributed by atoms with E-state index in [4.69, 9.17) is 9.41 Å². The highest BCUT2D eigenvalue weighted by Crippen LogP contribution is 2.19. The van der Waals surface area contributed by atoms with Crippen LogP contribution in [0.3, 0.4) is 0 Å². The molecule has 5 heteroatoms. The van der Waals surface area contributed by atoms with Crippen molar-refractivity contribution < 1.29 is 4.42 Å². The predicted octanol–water partition coefficient (Wildman–Crippen LogP) is 3.83. The number of guanidine groups is 1.